The number of piperidine rings is 1. The van der Waals surface area contributed by atoms with E-state index in [1.807, 2.05) is 18.2 Å². The van der Waals surface area contributed by atoms with Crippen LogP contribution >= 0.6 is 11.8 Å². The summed E-state index contributed by atoms with van der Waals surface area (Å²) >= 11 is 1.72. The molecule has 0 aliphatic carbocycles. The minimum Gasteiger partial charge on any atom is -0.383 e. The number of pyridine rings is 1. The van der Waals surface area contributed by atoms with Crippen molar-refractivity contribution < 1.29 is 9.90 Å². The SMILES string of the molecule is O=C1NCC(SCc2ccccn2)CC1O. The van der Waals surface area contributed by atoms with Crippen LogP contribution in [0.25, 0.3) is 0 Å². The number of amides is 1. The van der Waals surface area contributed by atoms with Crippen molar-refractivity contribution in [2.45, 2.75) is 23.5 Å². The minimum absolute atomic E-state index is 0.255. The number of aromatic nitrogens is 1. The molecule has 1 aliphatic heterocycles. The van der Waals surface area contributed by atoms with Gasteiger partial charge in [-0.3, -0.25) is 9.78 Å². The smallest absolute Gasteiger partial charge is 0.248 e. The maximum absolute atomic E-state index is 11.0. The molecule has 0 aromatic carbocycles. The molecule has 2 heterocycles. The lowest BCUT2D eigenvalue weighted by Gasteiger charge is -2.25. The van der Waals surface area contributed by atoms with E-state index in [0.717, 1.165) is 11.4 Å². The van der Waals surface area contributed by atoms with Gasteiger partial charge in [-0.05, 0) is 18.6 Å². The second kappa shape index (κ2) is 5.32. The fourth-order valence-corrected chi connectivity index (χ4v) is 2.68. The zero-order chi connectivity index (χ0) is 11.4. The van der Waals surface area contributed by atoms with Gasteiger partial charge in [-0.15, -0.1) is 0 Å². The summed E-state index contributed by atoms with van der Waals surface area (Å²) in [5.41, 5.74) is 1.03. The third-order valence-electron chi connectivity index (χ3n) is 2.49. The molecule has 1 fully saturated rings. The fraction of sp³-hybridized carbons (Fsp3) is 0.455. The van der Waals surface area contributed by atoms with Crippen LogP contribution < -0.4 is 5.32 Å². The Morgan fingerprint density at radius 3 is 3.12 bits per heavy atom. The van der Waals surface area contributed by atoms with Crippen molar-refractivity contribution in [1.82, 2.24) is 10.3 Å². The predicted octanol–water partition coefficient (Wildman–Crippen LogP) is 0.564. The Hall–Kier alpha value is -1.07. The van der Waals surface area contributed by atoms with Crippen LogP contribution in [0.1, 0.15) is 12.1 Å². The first-order valence-corrected chi connectivity index (χ1v) is 6.28. The van der Waals surface area contributed by atoms with Crippen LogP contribution in [0.15, 0.2) is 24.4 Å². The number of hydrogen-bond donors (Lipinski definition) is 2. The maximum atomic E-state index is 11.0. The summed E-state index contributed by atoms with van der Waals surface area (Å²) in [6, 6.07) is 5.82. The lowest BCUT2D eigenvalue weighted by Crippen LogP contribution is -2.46. The summed E-state index contributed by atoms with van der Waals surface area (Å²) in [7, 11) is 0. The van der Waals surface area contributed by atoms with E-state index in [-0.39, 0.29) is 11.2 Å². The van der Waals surface area contributed by atoms with Gasteiger partial charge in [0.05, 0.1) is 5.69 Å². The molecule has 0 spiro atoms. The van der Waals surface area contributed by atoms with Crippen LogP contribution in [0.3, 0.4) is 0 Å². The van der Waals surface area contributed by atoms with E-state index in [1.165, 1.54) is 0 Å². The quantitative estimate of drug-likeness (QED) is 0.808. The molecule has 0 bridgehead atoms. The summed E-state index contributed by atoms with van der Waals surface area (Å²) in [6.45, 7) is 0.632. The molecule has 2 rings (SSSR count). The van der Waals surface area contributed by atoms with Gasteiger partial charge in [0.2, 0.25) is 5.91 Å². The molecule has 16 heavy (non-hydrogen) atoms. The van der Waals surface area contributed by atoms with E-state index >= 15 is 0 Å². The molecular weight excluding hydrogens is 224 g/mol. The lowest BCUT2D eigenvalue weighted by atomic mass is 10.1. The van der Waals surface area contributed by atoms with Gasteiger partial charge in [0.25, 0.3) is 0 Å². The van der Waals surface area contributed by atoms with Gasteiger partial charge in [0.15, 0.2) is 0 Å². The molecular formula is C11H14N2O2S. The van der Waals surface area contributed by atoms with Crippen LogP contribution in [-0.2, 0) is 10.5 Å². The Labute approximate surface area is 98.5 Å². The molecule has 1 aromatic heterocycles. The number of aliphatic hydroxyl groups is 1. The predicted molar refractivity (Wildman–Crippen MR) is 63.0 cm³/mol. The first-order chi connectivity index (χ1) is 7.75. The summed E-state index contributed by atoms with van der Waals surface area (Å²) in [4.78, 5) is 15.3. The van der Waals surface area contributed by atoms with Gasteiger partial charge in [0.1, 0.15) is 6.10 Å². The summed E-state index contributed by atoms with van der Waals surface area (Å²) in [5, 5.41) is 12.4. The average molecular weight is 238 g/mol. The van der Waals surface area contributed by atoms with Gasteiger partial charge < -0.3 is 10.4 Å². The van der Waals surface area contributed by atoms with Crippen LogP contribution in [0.2, 0.25) is 0 Å². The van der Waals surface area contributed by atoms with Crippen LogP contribution in [-0.4, -0.2) is 33.9 Å². The molecule has 1 amide bonds. The molecule has 2 N–H and O–H groups in total. The van der Waals surface area contributed by atoms with Crippen molar-refractivity contribution in [2.24, 2.45) is 0 Å². The Kier molecular flexibility index (Phi) is 3.79. The number of thioether (sulfide) groups is 1. The van der Waals surface area contributed by atoms with Gasteiger partial charge >= 0.3 is 0 Å². The monoisotopic (exact) mass is 238 g/mol. The van der Waals surface area contributed by atoms with Gasteiger partial charge in [-0.1, -0.05) is 6.07 Å². The lowest BCUT2D eigenvalue weighted by molar-refractivity contribution is -0.131. The zero-order valence-corrected chi connectivity index (χ0v) is 9.61. The Morgan fingerprint density at radius 1 is 1.56 bits per heavy atom. The number of hydrogen-bond acceptors (Lipinski definition) is 4. The van der Waals surface area contributed by atoms with Gasteiger partial charge in [0, 0.05) is 23.7 Å². The summed E-state index contributed by atoms with van der Waals surface area (Å²) in [5.74, 6) is 0.559. The number of nitrogens with one attached hydrogen (secondary N) is 1. The van der Waals surface area contributed by atoms with E-state index in [0.29, 0.717) is 13.0 Å². The highest BCUT2D eigenvalue weighted by Gasteiger charge is 2.26. The molecule has 86 valence electrons. The standard InChI is InChI=1S/C11H14N2O2S/c14-10-5-9(6-13-11(10)15)16-7-8-3-1-2-4-12-8/h1-4,9-10,14H,5-7H2,(H,13,15). The highest BCUT2D eigenvalue weighted by molar-refractivity contribution is 7.99. The molecule has 2 unspecified atom stereocenters. The number of carbonyl (C=O) groups excluding carboxylic acids is 1. The van der Waals surface area contributed by atoms with Gasteiger partial charge in [-0.25, -0.2) is 0 Å². The van der Waals surface area contributed by atoms with Gasteiger partial charge in [-0.2, -0.15) is 11.8 Å². The average Bonchev–Trinajstić information content (AvgIpc) is 2.32. The topological polar surface area (TPSA) is 62.2 Å². The van der Waals surface area contributed by atoms with E-state index in [1.54, 1.807) is 18.0 Å². The van der Waals surface area contributed by atoms with E-state index in [2.05, 4.69) is 10.3 Å². The molecule has 1 aromatic rings. The second-order valence-corrected chi connectivity index (χ2v) is 5.04. The van der Waals surface area contributed by atoms with Crippen molar-refractivity contribution in [3.8, 4) is 0 Å². The third kappa shape index (κ3) is 2.96. The van der Waals surface area contributed by atoms with E-state index in [4.69, 9.17) is 0 Å². The van der Waals surface area contributed by atoms with Crippen LogP contribution in [0, 0.1) is 0 Å². The van der Waals surface area contributed by atoms with Crippen LogP contribution in [0.5, 0.6) is 0 Å². The minimum atomic E-state index is -0.852. The largest absolute Gasteiger partial charge is 0.383 e. The molecule has 2 atom stereocenters. The highest BCUT2D eigenvalue weighted by atomic mass is 32.2. The Bertz CT molecular complexity index is 358. The van der Waals surface area contributed by atoms with Crippen molar-refractivity contribution in [1.29, 1.82) is 0 Å². The number of nitrogens with zero attached hydrogens (tertiary/aromatic N) is 1. The molecule has 0 radical (unpaired) electrons. The Morgan fingerprint density at radius 2 is 2.44 bits per heavy atom. The number of rotatable bonds is 3. The molecule has 4 nitrogen and oxygen atoms in total. The first-order valence-electron chi connectivity index (χ1n) is 5.23. The fourth-order valence-electron chi connectivity index (χ4n) is 1.59. The normalized spacial score (nSPS) is 25.2. The Balaban J connectivity index is 1.81. The van der Waals surface area contributed by atoms with Crippen molar-refractivity contribution in [3.05, 3.63) is 30.1 Å². The highest BCUT2D eigenvalue weighted by Crippen LogP contribution is 2.22. The second-order valence-electron chi connectivity index (χ2n) is 3.75. The first kappa shape index (κ1) is 11.4. The third-order valence-corrected chi connectivity index (χ3v) is 3.78. The molecule has 1 saturated heterocycles. The summed E-state index contributed by atoms with van der Waals surface area (Å²) < 4.78 is 0. The maximum Gasteiger partial charge on any atom is 0.248 e. The molecule has 0 saturated carbocycles. The van der Waals surface area contributed by atoms with E-state index in [9.17, 15) is 9.90 Å². The number of aliphatic hydroxyl groups excluding tert-OH is 1. The van der Waals surface area contributed by atoms with Crippen LogP contribution in [0.4, 0.5) is 0 Å². The van der Waals surface area contributed by atoms with Crippen molar-refractivity contribution in [3.63, 3.8) is 0 Å². The van der Waals surface area contributed by atoms with Crippen molar-refractivity contribution >= 4 is 17.7 Å². The zero-order valence-electron chi connectivity index (χ0n) is 8.80. The van der Waals surface area contributed by atoms with Crippen molar-refractivity contribution in [2.75, 3.05) is 6.54 Å². The number of carbonyl (C=O) groups is 1. The summed E-state index contributed by atoms with van der Waals surface area (Å²) in [6.07, 6.45) is 1.45. The van der Waals surface area contributed by atoms with E-state index < -0.39 is 6.10 Å². The molecule has 5 heteroatoms. The molecule has 1 aliphatic rings.